The third kappa shape index (κ3) is 3.84. The molecule has 2 aromatic rings. The Hall–Kier alpha value is -2.16. The van der Waals surface area contributed by atoms with Crippen molar-refractivity contribution in [1.29, 1.82) is 0 Å². The van der Waals surface area contributed by atoms with Gasteiger partial charge in [-0.05, 0) is 0 Å². The minimum atomic E-state index is 0.733. The van der Waals surface area contributed by atoms with Crippen molar-refractivity contribution in [2.45, 2.75) is 19.9 Å². The van der Waals surface area contributed by atoms with E-state index >= 15 is 0 Å². The zero-order valence-corrected chi connectivity index (χ0v) is 15.3. The van der Waals surface area contributed by atoms with Crippen LogP contribution in [0, 0.1) is 0 Å². The number of aliphatic imine (C=N–C) groups is 1. The highest BCUT2D eigenvalue weighted by molar-refractivity contribution is 7.09. The molecule has 0 radical (unpaired) electrons. The monoisotopic (exact) mass is 348 g/mol. The molecular formula is C15H24N8S. The van der Waals surface area contributed by atoms with Gasteiger partial charge in [-0.1, -0.05) is 6.92 Å². The first kappa shape index (κ1) is 16.7. The lowest BCUT2D eigenvalue weighted by Gasteiger charge is -2.36. The van der Waals surface area contributed by atoms with Crippen LogP contribution in [0.25, 0.3) is 0 Å². The van der Waals surface area contributed by atoms with E-state index in [0.717, 1.165) is 61.6 Å². The van der Waals surface area contributed by atoms with Crippen LogP contribution in [-0.4, -0.2) is 63.2 Å². The molecule has 1 fully saturated rings. The largest absolute Gasteiger partial charge is 0.352 e. The van der Waals surface area contributed by atoms with E-state index in [9.17, 15) is 0 Å². The van der Waals surface area contributed by atoms with Crippen molar-refractivity contribution in [2.75, 3.05) is 38.1 Å². The number of anilines is 1. The minimum Gasteiger partial charge on any atom is -0.352 e. The summed E-state index contributed by atoms with van der Waals surface area (Å²) in [4.78, 5) is 13.6. The summed E-state index contributed by atoms with van der Waals surface area (Å²) in [5, 5.41) is 8.64. The molecule has 0 unspecified atom stereocenters. The van der Waals surface area contributed by atoms with Gasteiger partial charge in [-0.15, -0.1) is 0 Å². The first-order valence-corrected chi connectivity index (χ1v) is 8.97. The van der Waals surface area contributed by atoms with E-state index in [1.165, 1.54) is 11.5 Å². The Kier molecular flexibility index (Phi) is 5.29. The van der Waals surface area contributed by atoms with Crippen LogP contribution in [0.3, 0.4) is 0 Å². The fourth-order valence-electron chi connectivity index (χ4n) is 2.70. The molecule has 0 aliphatic carbocycles. The van der Waals surface area contributed by atoms with E-state index in [0.29, 0.717) is 0 Å². The molecule has 9 heteroatoms. The lowest BCUT2D eigenvalue weighted by Crippen LogP contribution is -2.52. The maximum Gasteiger partial charge on any atom is 0.205 e. The third-order valence-corrected chi connectivity index (χ3v) is 4.86. The van der Waals surface area contributed by atoms with Gasteiger partial charge in [0.05, 0.1) is 6.20 Å². The second-order valence-electron chi connectivity index (χ2n) is 5.74. The molecule has 1 aliphatic heterocycles. The number of aromatic nitrogens is 4. The molecule has 130 valence electrons. The van der Waals surface area contributed by atoms with E-state index in [1.807, 2.05) is 31.2 Å². The van der Waals surface area contributed by atoms with Crippen molar-refractivity contribution in [1.82, 2.24) is 29.4 Å². The number of nitrogens with one attached hydrogen (secondary N) is 1. The molecule has 8 nitrogen and oxygen atoms in total. The summed E-state index contributed by atoms with van der Waals surface area (Å²) in [6.07, 6.45) is 4.78. The summed E-state index contributed by atoms with van der Waals surface area (Å²) in [5.74, 6) is 1.87. The summed E-state index contributed by atoms with van der Waals surface area (Å²) in [5.41, 5.74) is 1.15. The zero-order chi connectivity index (χ0) is 16.9. The fraction of sp³-hybridized carbons (Fsp3) is 0.600. The van der Waals surface area contributed by atoms with Crippen LogP contribution in [0.2, 0.25) is 0 Å². The van der Waals surface area contributed by atoms with E-state index in [4.69, 9.17) is 0 Å². The Balaban J connectivity index is 1.52. The SMILES string of the molecule is CCc1nsc(N2CCN(C(=NC)NCc3cnn(C)c3)CC2)n1. The Labute approximate surface area is 146 Å². The molecule has 0 bridgehead atoms. The summed E-state index contributed by atoms with van der Waals surface area (Å²) in [6, 6.07) is 0. The van der Waals surface area contributed by atoms with Crippen molar-refractivity contribution in [3.63, 3.8) is 0 Å². The van der Waals surface area contributed by atoms with E-state index in [-0.39, 0.29) is 0 Å². The van der Waals surface area contributed by atoms with Crippen molar-refractivity contribution in [3.8, 4) is 0 Å². The first-order chi connectivity index (χ1) is 11.7. The number of aryl methyl sites for hydroxylation is 2. The van der Waals surface area contributed by atoms with Crippen LogP contribution in [-0.2, 0) is 20.0 Å². The first-order valence-electron chi connectivity index (χ1n) is 8.20. The maximum absolute atomic E-state index is 4.58. The molecule has 0 saturated carbocycles. The van der Waals surface area contributed by atoms with E-state index in [2.05, 4.69) is 41.5 Å². The molecule has 0 spiro atoms. The van der Waals surface area contributed by atoms with E-state index < -0.39 is 0 Å². The van der Waals surface area contributed by atoms with Gasteiger partial charge in [0, 0.05) is 76.5 Å². The van der Waals surface area contributed by atoms with Gasteiger partial charge in [0.15, 0.2) is 5.96 Å². The van der Waals surface area contributed by atoms with Gasteiger partial charge < -0.3 is 15.1 Å². The minimum absolute atomic E-state index is 0.733. The van der Waals surface area contributed by atoms with Gasteiger partial charge in [-0.25, -0.2) is 4.98 Å². The number of piperazine rings is 1. The summed E-state index contributed by atoms with van der Waals surface area (Å²) < 4.78 is 6.19. The Morgan fingerprint density at radius 1 is 1.33 bits per heavy atom. The highest BCUT2D eigenvalue weighted by atomic mass is 32.1. The van der Waals surface area contributed by atoms with Crippen molar-refractivity contribution >= 4 is 22.6 Å². The lowest BCUT2D eigenvalue weighted by atomic mass is 10.3. The van der Waals surface area contributed by atoms with E-state index in [1.54, 1.807) is 0 Å². The number of nitrogens with zero attached hydrogens (tertiary/aromatic N) is 7. The van der Waals surface area contributed by atoms with Gasteiger partial charge in [0.1, 0.15) is 5.82 Å². The smallest absolute Gasteiger partial charge is 0.205 e. The second kappa shape index (κ2) is 7.61. The van der Waals surface area contributed by atoms with Crippen molar-refractivity contribution in [3.05, 3.63) is 23.8 Å². The molecule has 3 heterocycles. The van der Waals surface area contributed by atoms with Crippen LogP contribution in [0.4, 0.5) is 5.13 Å². The Bertz CT molecular complexity index is 683. The van der Waals surface area contributed by atoms with Crippen LogP contribution < -0.4 is 10.2 Å². The van der Waals surface area contributed by atoms with Gasteiger partial charge in [-0.3, -0.25) is 9.67 Å². The van der Waals surface area contributed by atoms with Crippen LogP contribution in [0.5, 0.6) is 0 Å². The van der Waals surface area contributed by atoms with Gasteiger partial charge in [-0.2, -0.15) is 9.47 Å². The fourth-order valence-corrected chi connectivity index (χ4v) is 3.50. The van der Waals surface area contributed by atoms with Gasteiger partial charge >= 0.3 is 0 Å². The molecular weight excluding hydrogens is 324 g/mol. The summed E-state index contributed by atoms with van der Waals surface area (Å²) >= 11 is 1.50. The second-order valence-corrected chi connectivity index (χ2v) is 6.47. The highest BCUT2D eigenvalue weighted by Gasteiger charge is 2.22. The predicted molar refractivity (Wildman–Crippen MR) is 96.5 cm³/mol. The summed E-state index contributed by atoms with van der Waals surface area (Å²) in [6.45, 7) is 6.54. The van der Waals surface area contributed by atoms with Crippen LogP contribution >= 0.6 is 11.5 Å². The predicted octanol–water partition coefficient (Wildman–Crippen LogP) is 0.732. The van der Waals surface area contributed by atoms with Crippen LogP contribution in [0.1, 0.15) is 18.3 Å². The van der Waals surface area contributed by atoms with Crippen molar-refractivity contribution in [2.24, 2.45) is 12.0 Å². The topological polar surface area (TPSA) is 74.5 Å². The number of guanidine groups is 1. The number of hydrogen-bond acceptors (Lipinski definition) is 6. The third-order valence-electron chi connectivity index (χ3n) is 4.04. The summed E-state index contributed by atoms with van der Waals surface area (Å²) in [7, 11) is 3.76. The Morgan fingerprint density at radius 3 is 2.71 bits per heavy atom. The average Bonchev–Trinajstić information content (AvgIpc) is 3.25. The number of hydrogen-bond donors (Lipinski definition) is 1. The standard InChI is InChI=1S/C15H24N8S/c1-4-13-19-15(24-20-13)23-7-5-22(6-8-23)14(16-2)17-9-12-10-18-21(3)11-12/h10-11H,4-9H2,1-3H3,(H,16,17). The molecule has 2 aromatic heterocycles. The molecule has 1 N–H and O–H groups in total. The quantitative estimate of drug-likeness (QED) is 0.649. The van der Waals surface area contributed by atoms with Crippen molar-refractivity contribution < 1.29 is 0 Å². The van der Waals surface area contributed by atoms with Crippen LogP contribution in [0.15, 0.2) is 17.4 Å². The molecule has 1 aliphatic rings. The molecule has 0 aromatic carbocycles. The normalized spacial score (nSPS) is 15.9. The number of rotatable bonds is 4. The molecule has 24 heavy (non-hydrogen) atoms. The Morgan fingerprint density at radius 2 is 2.12 bits per heavy atom. The average molecular weight is 348 g/mol. The lowest BCUT2D eigenvalue weighted by molar-refractivity contribution is 0.372. The zero-order valence-electron chi connectivity index (χ0n) is 14.4. The molecule has 0 atom stereocenters. The van der Waals surface area contributed by atoms with Gasteiger partial charge in [0.25, 0.3) is 0 Å². The highest BCUT2D eigenvalue weighted by Crippen LogP contribution is 2.19. The maximum atomic E-state index is 4.58. The molecule has 1 saturated heterocycles. The molecule has 3 rings (SSSR count). The van der Waals surface area contributed by atoms with Gasteiger partial charge in [0.2, 0.25) is 5.13 Å². The molecule has 0 amide bonds.